The van der Waals surface area contributed by atoms with Crippen molar-refractivity contribution in [2.24, 2.45) is 5.92 Å². The van der Waals surface area contributed by atoms with E-state index in [0.717, 1.165) is 12.8 Å². The first-order valence-electron chi connectivity index (χ1n) is 5.75. The highest BCUT2D eigenvalue weighted by molar-refractivity contribution is 5.49. The fraction of sp³-hybridized carbons (Fsp3) is 0.462. The van der Waals surface area contributed by atoms with Gasteiger partial charge in [-0.15, -0.1) is 0 Å². The van der Waals surface area contributed by atoms with Crippen LogP contribution in [0.2, 0.25) is 0 Å². The lowest BCUT2D eigenvalue weighted by atomic mass is 10.0. The van der Waals surface area contributed by atoms with Crippen molar-refractivity contribution in [3.8, 4) is 6.07 Å². The number of benzene rings is 1. The second-order valence-corrected chi connectivity index (χ2v) is 4.01. The first-order chi connectivity index (χ1) is 8.19. The number of aliphatic hydroxyl groups is 1. The Morgan fingerprint density at radius 3 is 2.82 bits per heavy atom. The lowest BCUT2D eigenvalue weighted by molar-refractivity contribution is 0.258. The number of halogens is 1. The molecule has 1 aromatic rings. The van der Waals surface area contributed by atoms with Gasteiger partial charge in [0.25, 0.3) is 0 Å². The second kappa shape index (κ2) is 6.87. The maximum atomic E-state index is 13.1. The fourth-order valence-corrected chi connectivity index (χ4v) is 1.65. The predicted molar refractivity (Wildman–Crippen MR) is 65.1 cm³/mol. The van der Waals surface area contributed by atoms with Gasteiger partial charge in [0.05, 0.1) is 11.6 Å². The molecule has 2 N–H and O–H groups in total. The number of hydrogen-bond donors (Lipinski definition) is 2. The third-order valence-electron chi connectivity index (χ3n) is 2.74. The number of nitriles is 1. The van der Waals surface area contributed by atoms with E-state index in [4.69, 9.17) is 10.4 Å². The van der Waals surface area contributed by atoms with Gasteiger partial charge in [-0.2, -0.15) is 5.26 Å². The standard InChI is InChI=1S/C13H17FN2O/c1-2-10(3-4-17)9-16-13-6-11(8-15)5-12(14)7-13/h5-7,10,16-17H,2-4,9H2,1H3. The quantitative estimate of drug-likeness (QED) is 0.798. The van der Waals surface area contributed by atoms with Gasteiger partial charge >= 0.3 is 0 Å². The molecule has 0 aromatic heterocycles. The molecule has 0 amide bonds. The minimum atomic E-state index is -0.415. The molecule has 0 radical (unpaired) electrons. The van der Waals surface area contributed by atoms with Crippen LogP contribution in [0.5, 0.6) is 0 Å². The van der Waals surface area contributed by atoms with Crippen molar-refractivity contribution in [2.75, 3.05) is 18.5 Å². The van der Waals surface area contributed by atoms with Crippen LogP contribution < -0.4 is 5.32 Å². The molecule has 0 aliphatic rings. The summed E-state index contributed by atoms with van der Waals surface area (Å²) < 4.78 is 13.1. The Labute approximate surface area is 101 Å². The van der Waals surface area contributed by atoms with E-state index in [1.54, 1.807) is 6.07 Å². The number of anilines is 1. The van der Waals surface area contributed by atoms with Crippen molar-refractivity contribution in [2.45, 2.75) is 19.8 Å². The maximum absolute atomic E-state index is 13.1. The highest BCUT2D eigenvalue weighted by Crippen LogP contribution is 2.15. The molecule has 0 bridgehead atoms. The third kappa shape index (κ3) is 4.41. The van der Waals surface area contributed by atoms with E-state index in [1.165, 1.54) is 12.1 Å². The average molecular weight is 236 g/mol. The average Bonchev–Trinajstić information content (AvgIpc) is 2.33. The van der Waals surface area contributed by atoms with E-state index in [1.807, 2.05) is 13.0 Å². The number of aliphatic hydroxyl groups excluding tert-OH is 1. The van der Waals surface area contributed by atoms with Crippen molar-refractivity contribution >= 4 is 5.69 Å². The minimum Gasteiger partial charge on any atom is -0.396 e. The smallest absolute Gasteiger partial charge is 0.126 e. The second-order valence-electron chi connectivity index (χ2n) is 4.01. The van der Waals surface area contributed by atoms with E-state index in [9.17, 15) is 4.39 Å². The molecule has 0 aliphatic carbocycles. The molecular formula is C13H17FN2O. The summed E-state index contributed by atoms with van der Waals surface area (Å²) in [6.45, 7) is 2.88. The zero-order valence-corrected chi connectivity index (χ0v) is 9.91. The zero-order chi connectivity index (χ0) is 12.7. The molecule has 1 unspecified atom stereocenters. The van der Waals surface area contributed by atoms with Gasteiger partial charge in [-0.25, -0.2) is 4.39 Å². The van der Waals surface area contributed by atoms with Crippen LogP contribution in [0.1, 0.15) is 25.3 Å². The highest BCUT2D eigenvalue weighted by Gasteiger charge is 2.06. The normalized spacial score (nSPS) is 11.9. The van der Waals surface area contributed by atoms with Gasteiger partial charge in [0.2, 0.25) is 0 Å². The van der Waals surface area contributed by atoms with E-state index in [-0.39, 0.29) is 6.61 Å². The fourth-order valence-electron chi connectivity index (χ4n) is 1.65. The number of nitrogens with one attached hydrogen (secondary N) is 1. The van der Waals surface area contributed by atoms with Gasteiger partial charge in [0.1, 0.15) is 5.82 Å². The topological polar surface area (TPSA) is 56.0 Å². The van der Waals surface area contributed by atoms with E-state index >= 15 is 0 Å². The summed E-state index contributed by atoms with van der Waals surface area (Å²) in [5.74, 6) is -0.0597. The number of hydrogen-bond acceptors (Lipinski definition) is 3. The van der Waals surface area contributed by atoms with Crippen LogP contribution in [0.15, 0.2) is 18.2 Å². The van der Waals surface area contributed by atoms with Crippen LogP contribution in [0.25, 0.3) is 0 Å². The molecule has 1 aromatic carbocycles. The zero-order valence-electron chi connectivity index (χ0n) is 9.91. The first kappa shape index (κ1) is 13.5. The molecule has 0 fully saturated rings. The molecular weight excluding hydrogens is 219 g/mol. The molecule has 4 heteroatoms. The SMILES string of the molecule is CCC(CCO)CNc1cc(F)cc(C#N)c1. The van der Waals surface area contributed by atoms with Gasteiger partial charge < -0.3 is 10.4 Å². The largest absolute Gasteiger partial charge is 0.396 e. The van der Waals surface area contributed by atoms with Crippen molar-refractivity contribution < 1.29 is 9.50 Å². The Hall–Kier alpha value is -1.60. The van der Waals surface area contributed by atoms with Gasteiger partial charge in [-0.3, -0.25) is 0 Å². The summed E-state index contributed by atoms with van der Waals surface area (Å²) in [6, 6.07) is 6.11. The van der Waals surface area contributed by atoms with E-state index in [2.05, 4.69) is 5.32 Å². The summed E-state index contributed by atoms with van der Waals surface area (Å²) >= 11 is 0. The summed E-state index contributed by atoms with van der Waals surface area (Å²) in [7, 11) is 0. The van der Waals surface area contributed by atoms with E-state index < -0.39 is 5.82 Å². The van der Waals surface area contributed by atoms with Gasteiger partial charge in [0, 0.05) is 18.8 Å². The van der Waals surface area contributed by atoms with Crippen molar-refractivity contribution in [1.29, 1.82) is 5.26 Å². The Balaban J connectivity index is 2.62. The Bertz CT molecular complexity index is 401. The lowest BCUT2D eigenvalue weighted by Gasteiger charge is -2.15. The van der Waals surface area contributed by atoms with Crippen LogP contribution in [-0.2, 0) is 0 Å². The van der Waals surface area contributed by atoms with Crippen LogP contribution in [0.3, 0.4) is 0 Å². The van der Waals surface area contributed by atoms with Crippen LogP contribution in [0.4, 0.5) is 10.1 Å². The Morgan fingerprint density at radius 1 is 1.47 bits per heavy atom. The van der Waals surface area contributed by atoms with Crippen LogP contribution in [0, 0.1) is 23.1 Å². The third-order valence-corrected chi connectivity index (χ3v) is 2.74. The van der Waals surface area contributed by atoms with E-state index in [0.29, 0.717) is 23.7 Å². The van der Waals surface area contributed by atoms with Crippen molar-refractivity contribution in [3.05, 3.63) is 29.6 Å². The predicted octanol–water partition coefficient (Wildman–Crippen LogP) is 2.52. The summed E-state index contributed by atoms with van der Waals surface area (Å²) in [4.78, 5) is 0. The molecule has 1 rings (SSSR count). The molecule has 92 valence electrons. The van der Waals surface area contributed by atoms with Gasteiger partial charge in [0.15, 0.2) is 0 Å². The van der Waals surface area contributed by atoms with Crippen LogP contribution >= 0.6 is 0 Å². The molecule has 0 heterocycles. The molecule has 0 saturated carbocycles. The Kier molecular flexibility index (Phi) is 5.44. The minimum absolute atomic E-state index is 0.160. The van der Waals surface area contributed by atoms with Gasteiger partial charge in [-0.1, -0.05) is 13.3 Å². The highest BCUT2D eigenvalue weighted by atomic mass is 19.1. The van der Waals surface area contributed by atoms with Gasteiger partial charge in [-0.05, 0) is 30.5 Å². The van der Waals surface area contributed by atoms with Crippen molar-refractivity contribution in [3.63, 3.8) is 0 Å². The molecule has 0 aliphatic heterocycles. The molecule has 0 saturated heterocycles. The monoisotopic (exact) mass is 236 g/mol. The first-order valence-corrected chi connectivity index (χ1v) is 5.75. The summed E-state index contributed by atoms with van der Waals surface area (Å²) in [5.41, 5.74) is 0.917. The Morgan fingerprint density at radius 2 is 2.24 bits per heavy atom. The molecule has 1 atom stereocenters. The number of nitrogens with zero attached hydrogens (tertiary/aromatic N) is 1. The lowest BCUT2D eigenvalue weighted by Crippen LogP contribution is -2.15. The molecule has 0 spiro atoms. The van der Waals surface area contributed by atoms with Crippen molar-refractivity contribution in [1.82, 2.24) is 0 Å². The summed E-state index contributed by atoms with van der Waals surface area (Å²) in [6.07, 6.45) is 1.68. The maximum Gasteiger partial charge on any atom is 0.126 e. The molecule has 3 nitrogen and oxygen atoms in total. The molecule has 17 heavy (non-hydrogen) atoms. The number of rotatable bonds is 6. The van der Waals surface area contributed by atoms with Crippen LogP contribution in [-0.4, -0.2) is 18.3 Å². The summed E-state index contributed by atoms with van der Waals surface area (Å²) in [5, 5.41) is 20.7.